The van der Waals surface area contributed by atoms with Gasteiger partial charge >= 0.3 is 12.1 Å². The van der Waals surface area contributed by atoms with Crippen LogP contribution in [0.5, 0.6) is 0 Å². The molecule has 3 aromatic rings. The summed E-state index contributed by atoms with van der Waals surface area (Å²) in [4.78, 5) is 26.9. The molecule has 2 N–H and O–H groups in total. The Balaban J connectivity index is 1.24. The molecule has 6 nitrogen and oxygen atoms in total. The number of amides is 1. The second kappa shape index (κ2) is 9.45. The molecule has 6 heteroatoms. The fourth-order valence-electron chi connectivity index (χ4n) is 5.36. The number of benzene rings is 3. The summed E-state index contributed by atoms with van der Waals surface area (Å²) >= 11 is 0. The van der Waals surface area contributed by atoms with Crippen molar-refractivity contribution in [3.63, 3.8) is 0 Å². The van der Waals surface area contributed by atoms with E-state index >= 15 is 0 Å². The van der Waals surface area contributed by atoms with Crippen molar-refractivity contribution in [3.8, 4) is 11.1 Å². The number of hydrogen-bond acceptors (Lipinski definition) is 4. The second-order valence-corrected chi connectivity index (χ2v) is 9.57. The smallest absolute Gasteiger partial charge is 0.407 e. The first-order valence-corrected chi connectivity index (χ1v) is 12.1. The fraction of sp³-hybridized carbons (Fsp3) is 0.310. The Kier molecular flexibility index (Phi) is 6.20. The molecule has 1 aliphatic carbocycles. The van der Waals surface area contributed by atoms with Crippen molar-refractivity contribution in [2.75, 3.05) is 18.1 Å². The number of ether oxygens (including phenoxy) is 1. The predicted molar refractivity (Wildman–Crippen MR) is 136 cm³/mol. The molecule has 3 aromatic carbocycles. The number of aliphatic carboxylic acids is 1. The van der Waals surface area contributed by atoms with Crippen LogP contribution < -0.4 is 10.2 Å². The summed E-state index contributed by atoms with van der Waals surface area (Å²) in [5, 5.41) is 12.3. The SMILES string of the molecule is CC(C)N1CCc2cc(CC(NC(=O)OCC3c4ccccc4-c4ccccc43)C(=O)O)ccc21. The minimum Gasteiger partial charge on any atom is -0.480 e. The van der Waals surface area contributed by atoms with E-state index in [1.807, 2.05) is 30.3 Å². The van der Waals surface area contributed by atoms with E-state index in [4.69, 9.17) is 4.74 Å². The zero-order chi connectivity index (χ0) is 24.5. The van der Waals surface area contributed by atoms with Gasteiger partial charge in [-0.15, -0.1) is 0 Å². The summed E-state index contributed by atoms with van der Waals surface area (Å²) in [6.07, 6.45) is 0.430. The highest BCUT2D eigenvalue weighted by Crippen LogP contribution is 2.44. The molecule has 1 aliphatic heterocycles. The first-order chi connectivity index (χ1) is 16.9. The summed E-state index contributed by atoms with van der Waals surface area (Å²) in [6, 6.07) is 21.7. The van der Waals surface area contributed by atoms with Crippen molar-refractivity contribution >= 4 is 17.7 Å². The lowest BCUT2D eigenvalue weighted by molar-refractivity contribution is -0.139. The standard InChI is InChI=1S/C29H30N2O4/c1-18(2)31-14-13-20-15-19(11-12-27(20)31)16-26(28(32)33)30-29(34)35-17-25-23-9-5-3-7-21(23)22-8-4-6-10-24(22)25/h3-12,15,18,25-26H,13-14,16-17H2,1-2H3,(H,30,34)(H,32,33). The van der Waals surface area contributed by atoms with Gasteiger partial charge in [0.25, 0.3) is 0 Å². The Morgan fingerprint density at radius 1 is 1.03 bits per heavy atom. The zero-order valence-electron chi connectivity index (χ0n) is 20.0. The van der Waals surface area contributed by atoms with Crippen molar-refractivity contribution in [2.24, 2.45) is 0 Å². The van der Waals surface area contributed by atoms with E-state index in [1.54, 1.807) is 0 Å². The monoisotopic (exact) mass is 470 g/mol. The van der Waals surface area contributed by atoms with Crippen molar-refractivity contribution in [2.45, 2.75) is 44.7 Å². The number of nitrogens with zero attached hydrogens (tertiary/aromatic N) is 1. The van der Waals surface area contributed by atoms with E-state index in [9.17, 15) is 14.7 Å². The van der Waals surface area contributed by atoms with E-state index in [1.165, 1.54) is 11.3 Å². The molecule has 0 bridgehead atoms. The third-order valence-corrected chi connectivity index (χ3v) is 7.07. The highest BCUT2D eigenvalue weighted by molar-refractivity contribution is 5.81. The Bertz CT molecular complexity index is 1220. The molecular weight excluding hydrogens is 440 g/mol. The zero-order valence-corrected chi connectivity index (χ0v) is 20.0. The molecule has 0 spiro atoms. The van der Waals surface area contributed by atoms with E-state index < -0.39 is 18.1 Å². The number of anilines is 1. The van der Waals surface area contributed by atoms with Crippen molar-refractivity contribution in [1.82, 2.24) is 5.32 Å². The number of nitrogens with one attached hydrogen (secondary N) is 1. The Hall–Kier alpha value is -3.80. The topological polar surface area (TPSA) is 78.9 Å². The van der Waals surface area contributed by atoms with Crippen molar-refractivity contribution in [1.29, 1.82) is 0 Å². The summed E-state index contributed by atoms with van der Waals surface area (Å²) in [5.41, 5.74) is 7.85. The van der Waals surface area contributed by atoms with Gasteiger partial charge in [0.05, 0.1) is 0 Å². The maximum Gasteiger partial charge on any atom is 0.407 e. The summed E-state index contributed by atoms with van der Waals surface area (Å²) in [6.45, 7) is 5.45. The number of carboxylic acids is 1. The number of carboxylic acid groups (broad SMARTS) is 1. The maximum atomic E-state index is 12.6. The van der Waals surface area contributed by atoms with Crippen LogP contribution in [0.25, 0.3) is 11.1 Å². The Morgan fingerprint density at radius 3 is 2.31 bits per heavy atom. The van der Waals surface area contributed by atoms with Crippen LogP contribution in [0.1, 0.15) is 42.0 Å². The van der Waals surface area contributed by atoms with Crippen LogP contribution in [-0.2, 0) is 22.4 Å². The summed E-state index contributed by atoms with van der Waals surface area (Å²) in [7, 11) is 0. The van der Waals surface area contributed by atoms with Crippen LogP contribution >= 0.6 is 0 Å². The lowest BCUT2D eigenvalue weighted by Gasteiger charge is -2.24. The van der Waals surface area contributed by atoms with Crippen molar-refractivity contribution < 1.29 is 19.4 Å². The van der Waals surface area contributed by atoms with Gasteiger partial charge in [-0.1, -0.05) is 60.7 Å². The minimum absolute atomic E-state index is 0.0722. The third-order valence-electron chi connectivity index (χ3n) is 7.07. The van der Waals surface area contributed by atoms with Crippen molar-refractivity contribution in [3.05, 3.63) is 89.0 Å². The molecule has 2 aliphatic rings. The fourth-order valence-corrected chi connectivity index (χ4v) is 5.36. The van der Waals surface area contributed by atoms with Gasteiger partial charge in [0, 0.05) is 30.6 Å². The molecular formula is C29H30N2O4. The lowest BCUT2D eigenvalue weighted by Crippen LogP contribution is -2.42. The first-order valence-electron chi connectivity index (χ1n) is 12.1. The number of fused-ring (bicyclic) bond motifs is 4. The average Bonchev–Trinajstić information content (AvgIpc) is 3.41. The van der Waals surface area contributed by atoms with Gasteiger partial charge in [0.15, 0.2) is 0 Å². The molecule has 35 heavy (non-hydrogen) atoms. The molecule has 180 valence electrons. The third kappa shape index (κ3) is 4.48. The van der Waals surface area contributed by atoms with E-state index in [2.05, 4.69) is 60.5 Å². The highest BCUT2D eigenvalue weighted by Gasteiger charge is 2.30. The second-order valence-electron chi connectivity index (χ2n) is 9.57. The first kappa shape index (κ1) is 23.0. The van der Waals surface area contributed by atoms with Gasteiger partial charge in [0.2, 0.25) is 0 Å². The predicted octanol–water partition coefficient (Wildman–Crippen LogP) is 4.99. The van der Waals surface area contributed by atoms with Crippen LogP contribution in [-0.4, -0.2) is 42.4 Å². The van der Waals surface area contributed by atoms with E-state index in [0.29, 0.717) is 6.04 Å². The molecule has 1 amide bonds. The number of alkyl carbamates (subject to hydrolysis) is 1. The maximum absolute atomic E-state index is 12.6. The van der Waals surface area contributed by atoms with Crippen LogP contribution in [0, 0.1) is 0 Å². The van der Waals surface area contributed by atoms with E-state index in [0.717, 1.165) is 40.8 Å². The number of carbonyl (C=O) groups is 2. The summed E-state index contributed by atoms with van der Waals surface area (Å²) < 4.78 is 5.55. The Morgan fingerprint density at radius 2 is 1.69 bits per heavy atom. The average molecular weight is 471 g/mol. The quantitative estimate of drug-likeness (QED) is 0.509. The van der Waals surface area contributed by atoms with Crippen LogP contribution in [0.3, 0.4) is 0 Å². The molecule has 1 atom stereocenters. The Labute approximate surface area is 205 Å². The summed E-state index contributed by atoms with van der Waals surface area (Å²) in [5.74, 6) is -1.15. The molecule has 0 radical (unpaired) electrons. The minimum atomic E-state index is -1.08. The molecule has 0 aromatic heterocycles. The van der Waals surface area contributed by atoms with Crippen LogP contribution in [0.4, 0.5) is 10.5 Å². The number of hydrogen-bond donors (Lipinski definition) is 2. The van der Waals surface area contributed by atoms with Gasteiger partial charge < -0.3 is 20.1 Å². The highest BCUT2D eigenvalue weighted by atomic mass is 16.5. The molecule has 0 saturated carbocycles. The van der Waals surface area contributed by atoms with Gasteiger partial charge in [-0.2, -0.15) is 0 Å². The van der Waals surface area contributed by atoms with Gasteiger partial charge in [-0.3, -0.25) is 0 Å². The normalized spacial score (nSPS) is 14.9. The molecule has 0 saturated heterocycles. The van der Waals surface area contributed by atoms with Crippen LogP contribution in [0.2, 0.25) is 0 Å². The number of carbonyl (C=O) groups excluding carboxylic acids is 1. The van der Waals surface area contributed by atoms with Crippen LogP contribution in [0.15, 0.2) is 66.7 Å². The molecule has 0 fully saturated rings. The van der Waals surface area contributed by atoms with Gasteiger partial charge in [-0.25, -0.2) is 9.59 Å². The van der Waals surface area contributed by atoms with Gasteiger partial charge in [-0.05, 0) is 59.7 Å². The van der Waals surface area contributed by atoms with Gasteiger partial charge in [0.1, 0.15) is 12.6 Å². The molecule has 1 unspecified atom stereocenters. The number of rotatable bonds is 7. The largest absolute Gasteiger partial charge is 0.480 e. The molecule has 5 rings (SSSR count). The van der Waals surface area contributed by atoms with E-state index in [-0.39, 0.29) is 18.9 Å². The lowest BCUT2D eigenvalue weighted by atomic mass is 9.98. The molecule has 1 heterocycles.